The van der Waals surface area contributed by atoms with Crippen LogP contribution < -0.4 is 10.6 Å². The lowest BCUT2D eigenvalue weighted by atomic mass is 10.3. The van der Waals surface area contributed by atoms with E-state index in [-0.39, 0.29) is 5.82 Å². The maximum atomic E-state index is 13.4. The summed E-state index contributed by atoms with van der Waals surface area (Å²) in [5.74, 6) is 0.446. The van der Waals surface area contributed by atoms with Crippen LogP contribution in [0.15, 0.2) is 30.7 Å². The molecule has 3 aromatic rings. The van der Waals surface area contributed by atoms with Gasteiger partial charge in [-0.15, -0.1) is 0 Å². The topological polar surface area (TPSA) is 84.2 Å². The van der Waals surface area contributed by atoms with Gasteiger partial charge in [0.2, 0.25) is 6.41 Å². The minimum absolute atomic E-state index is 0.369. The zero-order valence-electron chi connectivity index (χ0n) is 11.0. The van der Waals surface area contributed by atoms with Crippen LogP contribution in [0.4, 0.5) is 15.9 Å². The highest BCUT2D eigenvalue weighted by Crippen LogP contribution is 2.23. The lowest BCUT2D eigenvalue weighted by Crippen LogP contribution is -2.04. The fourth-order valence-corrected chi connectivity index (χ4v) is 1.99. The average Bonchev–Trinajstić information content (AvgIpc) is 2.91. The lowest BCUT2D eigenvalue weighted by Gasteiger charge is -2.08. The minimum Gasteiger partial charge on any atom is -0.371 e. The van der Waals surface area contributed by atoms with Gasteiger partial charge < -0.3 is 10.6 Å². The van der Waals surface area contributed by atoms with Crippen molar-refractivity contribution in [3.63, 3.8) is 0 Å². The van der Waals surface area contributed by atoms with Gasteiger partial charge >= 0.3 is 0 Å². The molecule has 3 heterocycles. The van der Waals surface area contributed by atoms with E-state index in [2.05, 4.69) is 25.6 Å². The third kappa shape index (κ3) is 2.27. The molecule has 0 fully saturated rings. The molecule has 0 atom stereocenters. The summed E-state index contributed by atoms with van der Waals surface area (Å²) < 4.78 is 14.9. The monoisotopic (exact) mass is 286 g/mol. The fraction of sp³-hybridized carbons (Fsp3) is 0.0769. The van der Waals surface area contributed by atoms with Crippen LogP contribution in [0.3, 0.4) is 0 Å². The van der Waals surface area contributed by atoms with Gasteiger partial charge in [-0.25, -0.2) is 19.3 Å². The number of anilines is 2. The van der Waals surface area contributed by atoms with Gasteiger partial charge in [0.25, 0.3) is 0 Å². The van der Waals surface area contributed by atoms with Crippen LogP contribution in [0.1, 0.15) is 0 Å². The van der Waals surface area contributed by atoms with Crippen molar-refractivity contribution < 1.29 is 9.18 Å². The lowest BCUT2D eigenvalue weighted by molar-refractivity contribution is -0.105. The minimum atomic E-state index is -0.380. The Bertz CT molecular complexity index is 816. The highest BCUT2D eigenvalue weighted by Gasteiger charge is 2.12. The molecule has 0 bridgehead atoms. The molecule has 106 valence electrons. The molecule has 0 spiro atoms. The Labute approximate surface area is 118 Å². The van der Waals surface area contributed by atoms with Gasteiger partial charge in [0.05, 0.1) is 12.4 Å². The number of halogens is 1. The number of hydrogen-bond donors (Lipinski definition) is 2. The SMILES string of the molecule is CNc1nc(-c2cnc3ccc(F)cn23)ncc1NC=O. The molecule has 0 aliphatic rings. The number of carbonyl (C=O) groups excluding carboxylic acids is 1. The van der Waals surface area contributed by atoms with Crippen LogP contribution >= 0.6 is 0 Å². The highest BCUT2D eigenvalue weighted by molar-refractivity contribution is 5.79. The molecule has 0 saturated carbocycles. The van der Waals surface area contributed by atoms with Gasteiger partial charge in [-0.05, 0) is 12.1 Å². The van der Waals surface area contributed by atoms with Crippen LogP contribution in [-0.4, -0.2) is 32.8 Å². The molecule has 0 unspecified atom stereocenters. The first-order valence-electron chi connectivity index (χ1n) is 6.11. The van der Waals surface area contributed by atoms with E-state index in [1.54, 1.807) is 23.7 Å². The largest absolute Gasteiger partial charge is 0.371 e. The maximum absolute atomic E-state index is 13.4. The molecule has 8 heteroatoms. The predicted octanol–water partition coefficient (Wildman–Crippen LogP) is 1.54. The number of imidazole rings is 1. The Morgan fingerprint density at radius 2 is 2.14 bits per heavy atom. The van der Waals surface area contributed by atoms with Crippen LogP contribution in [0.25, 0.3) is 17.2 Å². The van der Waals surface area contributed by atoms with Crippen molar-refractivity contribution in [2.24, 2.45) is 0 Å². The second-order valence-electron chi connectivity index (χ2n) is 4.19. The number of fused-ring (bicyclic) bond motifs is 1. The third-order valence-corrected chi connectivity index (χ3v) is 2.94. The van der Waals surface area contributed by atoms with E-state index in [9.17, 15) is 9.18 Å². The van der Waals surface area contributed by atoms with E-state index in [0.29, 0.717) is 35.1 Å². The summed E-state index contributed by atoms with van der Waals surface area (Å²) in [6.45, 7) is 0. The van der Waals surface area contributed by atoms with Gasteiger partial charge in [0.1, 0.15) is 22.8 Å². The Morgan fingerprint density at radius 3 is 2.90 bits per heavy atom. The Balaban J connectivity index is 2.14. The van der Waals surface area contributed by atoms with E-state index in [4.69, 9.17) is 0 Å². The predicted molar refractivity (Wildman–Crippen MR) is 75.4 cm³/mol. The van der Waals surface area contributed by atoms with Crippen LogP contribution in [0, 0.1) is 5.82 Å². The Kier molecular flexibility index (Phi) is 3.19. The number of pyridine rings is 1. The third-order valence-electron chi connectivity index (χ3n) is 2.94. The first-order valence-corrected chi connectivity index (χ1v) is 6.11. The molecular weight excluding hydrogens is 275 g/mol. The molecule has 0 aliphatic carbocycles. The number of nitrogens with zero attached hydrogens (tertiary/aromatic N) is 4. The van der Waals surface area contributed by atoms with E-state index in [1.807, 2.05) is 0 Å². The van der Waals surface area contributed by atoms with Crippen molar-refractivity contribution >= 4 is 23.6 Å². The number of carbonyl (C=O) groups is 1. The fourth-order valence-electron chi connectivity index (χ4n) is 1.99. The second kappa shape index (κ2) is 5.16. The van der Waals surface area contributed by atoms with Crippen molar-refractivity contribution in [2.45, 2.75) is 0 Å². The summed E-state index contributed by atoms with van der Waals surface area (Å²) in [5, 5.41) is 5.36. The van der Waals surface area contributed by atoms with Gasteiger partial charge in [0, 0.05) is 13.2 Å². The number of nitrogens with one attached hydrogen (secondary N) is 2. The standard InChI is InChI=1S/C13H11FN6O/c1-15-12-9(18-7-21)4-17-13(19-12)10-5-16-11-3-2-8(14)6-20(10)11/h2-7H,1H3,(H,18,21)(H,15,17,19). The van der Waals surface area contributed by atoms with Gasteiger partial charge in [-0.1, -0.05) is 0 Å². The van der Waals surface area contributed by atoms with Crippen molar-refractivity contribution in [2.75, 3.05) is 17.7 Å². The molecule has 2 N–H and O–H groups in total. The van der Waals surface area contributed by atoms with E-state index in [0.717, 1.165) is 0 Å². The van der Waals surface area contributed by atoms with Gasteiger partial charge in [-0.2, -0.15) is 0 Å². The molecular formula is C13H11FN6O. The molecule has 21 heavy (non-hydrogen) atoms. The molecule has 0 saturated heterocycles. The van der Waals surface area contributed by atoms with E-state index < -0.39 is 0 Å². The van der Waals surface area contributed by atoms with Crippen molar-refractivity contribution in [1.82, 2.24) is 19.4 Å². The van der Waals surface area contributed by atoms with Crippen LogP contribution in [0.2, 0.25) is 0 Å². The molecule has 0 radical (unpaired) electrons. The molecule has 0 aliphatic heterocycles. The van der Waals surface area contributed by atoms with Crippen LogP contribution in [-0.2, 0) is 4.79 Å². The van der Waals surface area contributed by atoms with Crippen LogP contribution in [0.5, 0.6) is 0 Å². The smallest absolute Gasteiger partial charge is 0.211 e. The molecule has 0 aromatic carbocycles. The summed E-state index contributed by atoms with van der Waals surface area (Å²) >= 11 is 0. The molecule has 7 nitrogen and oxygen atoms in total. The zero-order chi connectivity index (χ0) is 14.8. The summed E-state index contributed by atoms with van der Waals surface area (Å²) in [7, 11) is 1.68. The summed E-state index contributed by atoms with van der Waals surface area (Å²) in [6, 6.07) is 2.91. The second-order valence-corrected chi connectivity index (χ2v) is 4.19. The van der Waals surface area contributed by atoms with Crippen molar-refractivity contribution in [1.29, 1.82) is 0 Å². The number of hydrogen-bond acceptors (Lipinski definition) is 5. The van der Waals surface area contributed by atoms with Gasteiger partial charge in [0.15, 0.2) is 11.6 Å². The number of aromatic nitrogens is 4. The summed E-state index contributed by atoms with van der Waals surface area (Å²) in [5.41, 5.74) is 1.60. The maximum Gasteiger partial charge on any atom is 0.211 e. The zero-order valence-corrected chi connectivity index (χ0v) is 11.0. The number of amides is 1. The molecule has 1 amide bonds. The number of rotatable bonds is 4. The molecule has 3 rings (SSSR count). The van der Waals surface area contributed by atoms with Gasteiger partial charge in [-0.3, -0.25) is 9.20 Å². The van der Waals surface area contributed by atoms with E-state index in [1.165, 1.54) is 18.5 Å². The highest BCUT2D eigenvalue weighted by atomic mass is 19.1. The van der Waals surface area contributed by atoms with E-state index >= 15 is 0 Å². The Morgan fingerprint density at radius 1 is 1.29 bits per heavy atom. The molecule has 3 aromatic heterocycles. The summed E-state index contributed by atoms with van der Waals surface area (Å²) in [4.78, 5) is 23.2. The van der Waals surface area contributed by atoms with Crippen molar-refractivity contribution in [3.05, 3.63) is 36.5 Å². The normalized spacial score (nSPS) is 10.6. The average molecular weight is 286 g/mol. The summed E-state index contributed by atoms with van der Waals surface area (Å²) in [6.07, 6.45) is 4.90. The Hall–Kier alpha value is -3.03. The first-order chi connectivity index (χ1) is 10.2. The first kappa shape index (κ1) is 13.0. The van der Waals surface area contributed by atoms with Crippen molar-refractivity contribution in [3.8, 4) is 11.5 Å². The quantitative estimate of drug-likeness (QED) is 0.711.